The van der Waals surface area contributed by atoms with Gasteiger partial charge in [0.1, 0.15) is 0 Å². The average molecular weight is 303 g/mol. The molecule has 0 radical (unpaired) electrons. The Bertz CT molecular complexity index is 449. The number of rotatable bonds is 7. The van der Waals surface area contributed by atoms with Gasteiger partial charge in [0.25, 0.3) is 0 Å². The van der Waals surface area contributed by atoms with Gasteiger partial charge in [0, 0.05) is 19.1 Å². The van der Waals surface area contributed by atoms with Crippen molar-refractivity contribution >= 4 is 5.91 Å². The van der Waals surface area contributed by atoms with Crippen molar-refractivity contribution in [1.82, 2.24) is 10.2 Å². The zero-order valence-corrected chi connectivity index (χ0v) is 13.6. The molecular formula is C18H29N3O. The molecule has 1 aromatic rings. The van der Waals surface area contributed by atoms with E-state index in [9.17, 15) is 4.79 Å². The Balaban J connectivity index is 1.70. The van der Waals surface area contributed by atoms with Crippen LogP contribution in [-0.4, -0.2) is 42.5 Å². The summed E-state index contributed by atoms with van der Waals surface area (Å²) in [6.45, 7) is 5.03. The van der Waals surface area contributed by atoms with Crippen LogP contribution in [0.5, 0.6) is 0 Å². The molecule has 1 amide bonds. The third-order valence-corrected chi connectivity index (χ3v) is 4.55. The summed E-state index contributed by atoms with van der Waals surface area (Å²) in [7, 11) is 0. The first-order chi connectivity index (χ1) is 10.7. The van der Waals surface area contributed by atoms with Crippen molar-refractivity contribution in [3.8, 4) is 0 Å². The first kappa shape index (κ1) is 17.0. The topological polar surface area (TPSA) is 58.4 Å². The molecule has 0 aromatic heterocycles. The fourth-order valence-corrected chi connectivity index (χ4v) is 3.23. The van der Waals surface area contributed by atoms with Gasteiger partial charge in [-0.25, -0.2) is 0 Å². The SMILES string of the molecule is CCC1CCCCN1CCNC(=O)C(N)Cc1ccccc1. The molecule has 2 unspecified atom stereocenters. The normalized spacial score (nSPS) is 20.5. The van der Waals surface area contributed by atoms with Crippen molar-refractivity contribution < 1.29 is 4.79 Å². The summed E-state index contributed by atoms with van der Waals surface area (Å²) >= 11 is 0. The molecule has 1 aliphatic rings. The number of amides is 1. The number of carbonyl (C=O) groups excluding carboxylic acids is 1. The van der Waals surface area contributed by atoms with Crippen molar-refractivity contribution in [2.75, 3.05) is 19.6 Å². The maximum absolute atomic E-state index is 12.1. The van der Waals surface area contributed by atoms with Crippen LogP contribution in [0.1, 0.15) is 38.2 Å². The van der Waals surface area contributed by atoms with Gasteiger partial charge >= 0.3 is 0 Å². The molecule has 2 atom stereocenters. The highest BCUT2D eigenvalue weighted by atomic mass is 16.2. The highest BCUT2D eigenvalue weighted by Gasteiger charge is 2.20. The molecule has 1 heterocycles. The zero-order valence-electron chi connectivity index (χ0n) is 13.6. The highest BCUT2D eigenvalue weighted by molar-refractivity contribution is 5.81. The second-order valence-corrected chi connectivity index (χ2v) is 6.18. The summed E-state index contributed by atoms with van der Waals surface area (Å²) in [4.78, 5) is 14.6. The van der Waals surface area contributed by atoms with Crippen molar-refractivity contribution in [2.24, 2.45) is 5.73 Å². The average Bonchev–Trinajstić information content (AvgIpc) is 2.56. The summed E-state index contributed by atoms with van der Waals surface area (Å²) in [6.07, 6.45) is 5.69. The zero-order chi connectivity index (χ0) is 15.8. The van der Waals surface area contributed by atoms with E-state index in [1.807, 2.05) is 30.3 Å². The molecule has 1 saturated heterocycles. The molecule has 0 spiro atoms. The maximum atomic E-state index is 12.1. The first-order valence-corrected chi connectivity index (χ1v) is 8.52. The predicted octanol–water partition coefficient (Wildman–Crippen LogP) is 1.94. The molecule has 0 aliphatic carbocycles. The number of nitrogens with two attached hydrogens (primary N) is 1. The van der Waals surface area contributed by atoms with Gasteiger partial charge in [-0.15, -0.1) is 0 Å². The minimum absolute atomic E-state index is 0.0473. The second-order valence-electron chi connectivity index (χ2n) is 6.18. The number of hydrogen-bond acceptors (Lipinski definition) is 3. The smallest absolute Gasteiger partial charge is 0.237 e. The standard InChI is InChI=1S/C18H29N3O/c1-2-16-10-6-7-12-21(16)13-11-20-18(22)17(19)14-15-8-4-3-5-9-15/h3-5,8-9,16-17H,2,6-7,10-14,19H2,1H3,(H,20,22). The Morgan fingerprint density at radius 3 is 2.86 bits per heavy atom. The summed E-state index contributed by atoms with van der Waals surface area (Å²) in [5, 5.41) is 2.99. The van der Waals surface area contributed by atoms with Crippen molar-refractivity contribution in [3.63, 3.8) is 0 Å². The summed E-state index contributed by atoms with van der Waals surface area (Å²) in [6, 6.07) is 10.1. The number of nitrogens with one attached hydrogen (secondary N) is 1. The van der Waals surface area contributed by atoms with E-state index in [0.29, 0.717) is 19.0 Å². The number of benzene rings is 1. The van der Waals surface area contributed by atoms with Crippen LogP contribution in [0.4, 0.5) is 0 Å². The highest BCUT2D eigenvalue weighted by Crippen LogP contribution is 2.18. The lowest BCUT2D eigenvalue weighted by Gasteiger charge is -2.35. The van der Waals surface area contributed by atoms with E-state index in [-0.39, 0.29) is 5.91 Å². The second kappa shape index (κ2) is 8.91. The summed E-state index contributed by atoms with van der Waals surface area (Å²) < 4.78 is 0. The van der Waals surface area contributed by atoms with E-state index in [4.69, 9.17) is 5.73 Å². The van der Waals surface area contributed by atoms with E-state index >= 15 is 0 Å². The van der Waals surface area contributed by atoms with Gasteiger partial charge in [-0.2, -0.15) is 0 Å². The number of likely N-dealkylation sites (tertiary alicyclic amines) is 1. The van der Waals surface area contributed by atoms with E-state index in [2.05, 4.69) is 17.1 Å². The van der Waals surface area contributed by atoms with E-state index in [0.717, 1.165) is 18.7 Å². The lowest BCUT2D eigenvalue weighted by Crippen LogP contribution is -2.47. The van der Waals surface area contributed by atoms with Crippen molar-refractivity contribution in [1.29, 1.82) is 0 Å². The minimum atomic E-state index is -0.467. The molecule has 2 rings (SSSR count). The van der Waals surface area contributed by atoms with Crippen LogP contribution in [-0.2, 0) is 11.2 Å². The molecular weight excluding hydrogens is 274 g/mol. The van der Waals surface area contributed by atoms with Gasteiger partial charge in [0.15, 0.2) is 0 Å². The quantitative estimate of drug-likeness (QED) is 0.809. The molecule has 22 heavy (non-hydrogen) atoms. The lowest BCUT2D eigenvalue weighted by atomic mass is 10.0. The monoisotopic (exact) mass is 303 g/mol. The number of carbonyl (C=O) groups is 1. The Hall–Kier alpha value is -1.39. The van der Waals surface area contributed by atoms with Gasteiger partial charge in [-0.3, -0.25) is 9.69 Å². The van der Waals surface area contributed by atoms with Crippen LogP contribution in [0, 0.1) is 0 Å². The van der Waals surface area contributed by atoms with Crippen LogP contribution in [0.2, 0.25) is 0 Å². The first-order valence-electron chi connectivity index (χ1n) is 8.52. The Labute approximate surface area is 134 Å². The molecule has 122 valence electrons. The number of nitrogens with zero attached hydrogens (tertiary/aromatic N) is 1. The summed E-state index contributed by atoms with van der Waals surface area (Å²) in [5.74, 6) is -0.0473. The van der Waals surface area contributed by atoms with E-state index in [1.165, 1.54) is 25.7 Å². The predicted molar refractivity (Wildman–Crippen MR) is 90.6 cm³/mol. The third-order valence-electron chi connectivity index (χ3n) is 4.55. The van der Waals surface area contributed by atoms with Crippen molar-refractivity contribution in [2.45, 2.75) is 51.1 Å². The molecule has 0 bridgehead atoms. The summed E-state index contributed by atoms with van der Waals surface area (Å²) in [5.41, 5.74) is 7.10. The van der Waals surface area contributed by atoms with Crippen molar-refractivity contribution in [3.05, 3.63) is 35.9 Å². The van der Waals surface area contributed by atoms with Crippen LogP contribution in [0.3, 0.4) is 0 Å². The number of hydrogen-bond donors (Lipinski definition) is 2. The largest absolute Gasteiger partial charge is 0.353 e. The Morgan fingerprint density at radius 2 is 2.14 bits per heavy atom. The molecule has 1 fully saturated rings. The molecule has 4 nitrogen and oxygen atoms in total. The molecule has 1 aliphatic heterocycles. The van der Waals surface area contributed by atoms with Crippen LogP contribution in [0.25, 0.3) is 0 Å². The van der Waals surface area contributed by atoms with Gasteiger partial charge in [0.05, 0.1) is 6.04 Å². The van der Waals surface area contributed by atoms with Crippen LogP contribution in [0.15, 0.2) is 30.3 Å². The minimum Gasteiger partial charge on any atom is -0.353 e. The van der Waals surface area contributed by atoms with Gasteiger partial charge in [-0.1, -0.05) is 43.7 Å². The number of piperidine rings is 1. The fourth-order valence-electron chi connectivity index (χ4n) is 3.23. The van der Waals surface area contributed by atoms with Gasteiger partial charge in [-0.05, 0) is 37.8 Å². The fraction of sp³-hybridized carbons (Fsp3) is 0.611. The van der Waals surface area contributed by atoms with E-state index in [1.54, 1.807) is 0 Å². The maximum Gasteiger partial charge on any atom is 0.237 e. The Morgan fingerprint density at radius 1 is 1.36 bits per heavy atom. The third kappa shape index (κ3) is 5.11. The molecule has 0 saturated carbocycles. The molecule has 3 N–H and O–H groups in total. The Kier molecular flexibility index (Phi) is 6.87. The van der Waals surface area contributed by atoms with Gasteiger partial charge in [0.2, 0.25) is 5.91 Å². The van der Waals surface area contributed by atoms with Crippen LogP contribution < -0.4 is 11.1 Å². The van der Waals surface area contributed by atoms with Crippen LogP contribution >= 0.6 is 0 Å². The van der Waals surface area contributed by atoms with Gasteiger partial charge < -0.3 is 11.1 Å². The molecule has 4 heteroatoms. The lowest BCUT2D eigenvalue weighted by molar-refractivity contribution is -0.122. The van der Waals surface area contributed by atoms with E-state index < -0.39 is 6.04 Å². The molecule has 1 aromatic carbocycles.